The zero-order valence-corrected chi connectivity index (χ0v) is 15.9. The first-order chi connectivity index (χ1) is 11.5. The third-order valence-corrected chi connectivity index (χ3v) is 4.11. The van der Waals surface area contributed by atoms with Crippen LogP contribution in [-0.2, 0) is 17.9 Å². The number of anilines is 1. The average molecular weight is 395 g/mol. The van der Waals surface area contributed by atoms with Crippen molar-refractivity contribution in [3.63, 3.8) is 0 Å². The SMILES string of the molecule is CCCCn1nnnc1CN(C)CC(=O)Nc1ccc(Br)cc1C. The molecule has 7 nitrogen and oxygen atoms in total. The van der Waals surface area contributed by atoms with Crippen LogP contribution in [0.5, 0.6) is 0 Å². The fraction of sp³-hybridized carbons (Fsp3) is 0.500. The molecule has 1 N–H and O–H groups in total. The van der Waals surface area contributed by atoms with E-state index >= 15 is 0 Å². The molecule has 130 valence electrons. The Balaban J connectivity index is 1.88. The number of hydrogen-bond acceptors (Lipinski definition) is 5. The van der Waals surface area contributed by atoms with E-state index in [1.54, 1.807) is 4.68 Å². The number of rotatable bonds is 8. The smallest absolute Gasteiger partial charge is 0.238 e. The van der Waals surface area contributed by atoms with Gasteiger partial charge in [0.1, 0.15) is 0 Å². The number of benzene rings is 1. The van der Waals surface area contributed by atoms with Crippen LogP contribution in [0.3, 0.4) is 0 Å². The van der Waals surface area contributed by atoms with Crippen molar-refractivity contribution in [2.24, 2.45) is 0 Å². The fourth-order valence-corrected chi connectivity index (χ4v) is 2.79. The number of amides is 1. The van der Waals surface area contributed by atoms with E-state index in [4.69, 9.17) is 0 Å². The third kappa shape index (κ3) is 5.38. The minimum atomic E-state index is -0.0597. The summed E-state index contributed by atoms with van der Waals surface area (Å²) in [5.74, 6) is 0.717. The summed E-state index contributed by atoms with van der Waals surface area (Å²) in [7, 11) is 1.88. The Morgan fingerprint density at radius 3 is 2.92 bits per heavy atom. The number of likely N-dealkylation sites (N-methyl/N-ethyl adjacent to an activating group) is 1. The highest BCUT2D eigenvalue weighted by molar-refractivity contribution is 9.10. The predicted octanol–water partition coefficient (Wildman–Crippen LogP) is 2.61. The molecule has 0 spiro atoms. The molecular formula is C16H23BrN6O. The first-order valence-corrected chi connectivity index (χ1v) is 8.78. The Morgan fingerprint density at radius 2 is 2.21 bits per heavy atom. The maximum atomic E-state index is 12.2. The van der Waals surface area contributed by atoms with Gasteiger partial charge in [0.25, 0.3) is 0 Å². The summed E-state index contributed by atoms with van der Waals surface area (Å²) in [6, 6.07) is 5.78. The topological polar surface area (TPSA) is 75.9 Å². The maximum absolute atomic E-state index is 12.2. The Bertz CT molecular complexity index is 687. The first kappa shape index (κ1) is 18.5. The van der Waals surface area contributed by atoms with E-state index in [1.807, 2.05) is 37.1 Å². The zero-order valence-electron chi connectivity index (χ0n) is 14.3. The number of unbranched alkanes of at least 4 members (excludes halogenated alkanes) is 1. The molecule has 1 heterocycles. The standard InChI is InChI=1S/C16H23BrN6O/c1-4-5-8-23-15(19-20-21-23)10-22(3)11-16(24)18-14-7-6-13(17)9-12(14)2/h6-7,9H,4-5,8,10-11H2,1-3H3,(H,18,24). The summed E-state index contributed by atoms with van der Waals surface area (Å²) < 4.78 is 2.80. The van der Waals surface area contributed by atoms with Gasteiger partial charge in [0.15, 0.2) is 5.82 Å². The van der Waals surface area contributed by atoms with Crippen LogP contribution in [0.15, 0.2) is 22.7 Å². The molecule has 2 aromatic rings. The summed E-state index contributed by atoms with van der Waals surface area (Å²) in [5, 5.41) is 14.7. The number of halogens is 1. The summed E-state index contributed by atoms with van der Waals surface area (Å²) >= 11 is 3.42. The summed E-state index contributed by atoms with van der Waals surface area (Å²) in [6.45, 7) is 5.70. The van der Waals surface area contributed by atoms with Gasteiger partial charge in [-0.2, -0.15) is 0 Å². The molecule has 0 atom stereocenters. The van der Waals surface area contributed by atoms with Crippen LogP contribution in [0.2, 0.25) is 0 Å². The second-order valence-electron chi connectivity index (χ2n) is 5.85. The first-order valence-electron chi connectivity index (χ1n) is 7.99. The van der Waals surface area contributed by atoms with E-state index < -0.39 is 0 Å². The van der Waals surface area contributed by atoms with Crippen molar-refractivity contribution in [1.82, 2.24) is 25.1 Å². The van der Waals surface area contributed by atoms with E-state index in [-0.39, 0.29) is 12.5 Å². The van der Waals surface area contributed by atoms with Gasteiger partial charge in [0.05, 0.1) is 13.1 Å². The zero-order chi connectivity index (χ0) is 17.5. The highest BCUT2D eigenvalue weighted by atomic mass is 79.9. The van der Waals surface area contributed by atoms with Gasteiger partial charge in [0, 0.05) is 16.7 Å². The summed E-state index contributed by atoms with van der Waals surface area (Å²) in [6.07, 6.45) is 2.12. The molecule has 0 aliphatic carbocycles. The Hall–Kier alpha value is -1.80. The molecule has 1 aromatic carbocycles. The number of aryl methyl sites for hydroxylation is 2. The highest BCUT2D eigenvalue weighted by Gasteiger charge is 2.13. The number of tetrazole rings is 1. The van der Waals surface area contributed by atoms with Gasteiger partial charge in [0.2, 0.25) is 5.91 Å². The Labute approximate surface area is 150 Å². The lowest BCUT2D eigenvalue weighted by Gasteiger charge is -2.16. The van der Waals surface area contributed by atoms with Crippen LogP contribution in [0.25, 0.3) is 0 Å². The van der Waals surface area contributed by atoms with Crippen LogP contribution >= 0.6 is 15.9 Å². The van der Waals surface area contributed by atoms with Gasteiger partial charge in [-0.3, -0.25) is 9.69 Å². The molecule has 0 saturated carbocycles. The predicted molar refractivity (Wildman–Crippen MR) is 96.6 cm³/mol. The highest BCUT2D eigenvalue weighted by Crippen LogP contribution is 2.19. The van der Waals surface area contributed by atoms with E-state index in [9.17, 15) is 4.79 Å². The number of nitrogens with one attached hydrogen (secondary N) is 1. The van der Waals surface area contributed by atoms with Gasteiger partial charge in [-0.05, 0) is 54.6 Å². The second-order valence-corrected chi connectivity index (χ2v) is 6.77. The fourth-order valence-electron chi connectivity index (χ4n) is 2.32. The van der Waals surface area contributed by atoms with E-state index in [0.717, 1.165) is 40.9 Å². The Morgan fingerprint density at radius 1 is 1.42 bits per heavy atom. The lowest BCUT2D eigenvalue weighted by atomic mass is 10.2. The maximum Gasteiger partial charge on any atom is 0.238 e. The molecule has 1 amide bonds. The molecule has 0 bridgehead atoms. The Kier molecular flexibility index (Phi) is 6.86. The molecule has 2 rings (SSSR count). The van der Waals surface area contributed by atoms with Crippen molar-refractivity contribution in [3.05, 3.63) is 34.1 Å². The number of carbonyl (C=O) groups excluding carboxylic acids is 1. The molecule has 1 aromatic heterocycles. The van der Waals surface area contributed by atoms with Crippen LogP contribution < -0.4 is 5.32 Å². The van der Waals surface area contributed by atoms with Crippen LogP contribution in [0, 0.1) is 6.92 Å². The number of aromatic nitrogens is 4. The molecule has 0 aliphatic rings. The molecule has 24 heavy (non-hydrogen) atoms. The van der Waals surface area contributed by atoms with E-state index in [2.05, 4.69) is 43.7 Å². The molecule has 0 unspecified atom stereocenters. The van der Waals surface area contributed by atoms with Crippen molar-refractivity contribution in [2.75, 3.05) is 18.9 Å². The summed E-state index contributed by atoms with van der Waals surface area (Å²) in [4.78, 5) is 14.1. The van der Waals surface area contributed by atoms with Gasteiger partial charge < -0.3 is 5.32 Å². The van der Waals surface area contributed by atoms with Crippen LogP contribution in [0.4, 0.5) is 5.69 Å². The van der Waals surface area contributed by atoms with E-state index in [0.29, 0.717) is 6.54 Å². The van der Waals surface area contributed by atoms with Crippen molar-refractivity contribution < 1.29 is 4.79 Å². The third-order valence-electron chi connectivity index (χ3n) is 3.62. The summed E-state index contributed by atoms with van der Waals surface area (Å²) in [5.41, 5.74) is 1.84. The minimum absolute atomic E-state index is 0.0597. The lowest BCUT2D eigenvalue weighted by Crippen LogP contribution is -2.31. The molecule has 0 fully saturated rings. The normalized spacial score (nSPS) is 11.0. The molecule has 0 saturated heterocycles. The van der Waals surface area contributed by atoms with Gasteiger partial charge in [-0.1, -0.05) is 29.3 Å². The quantitative estimate of drug-likeness (QED) is 0.744. The van der Waals surface area contributed by atoms with Gasteiger partial charge in [-0.25, -0.2) is 4.68 Å². The number of nitrogens with zero attached hydrogens (tertiary/aromatic N) is 5. The second kappa shape index (κ2) is 8.89. The van der Waals surface area contributed by atoms with Gasteiger partial charge in [-0.15, -0.1) is 5.10 Å². The molecular weight excluding hydrogens is 372 g/mol. The largest absolute Gasteiger partial charge is 0.325 e. The molecule has 0 aliphatic heterocycles. The van der Waals surface area contributed by atoms with Crippen molar-refractivity contribution >= 4 is 27.5 Å². The van der Waals surface area contributed by atoms with Crippen molar-refractivity contribution in [2.45, 2.75) is 39.8 Å². The van der Waals surface area contributed by atoms with Crippen molar-refractivity contribution in [3.8, 4) is 0 Å². The van der Waals surface area contributed by atoms with Crippen LogP contribution in [-0.4, -0.2) is 44.6 Å². The number of carbonyl (C=O) groups is 1. The number of hydrogen-bond donors (Lipinski definition) is 1. The molecule has 0 radical (unpaired) electrons. The van der Waals surface area contributed by atoms with E-state index in [1.165, 1.54) is 0 Å². The lowest BCUT2D eigenvalue weighted by molar-refractivity contribution is -0.117. The molecule has 8 heteroatoms. The van der Waals surface area contributed by atoms with Crippen LogP contribution in [0.1, 0.15) is 31.2 Å². The van der Waals surface area contributed by atoms with Gasteiger partial charge >= 0.3 is 0 Å². The monoisotopic (exact) mass is 394 g/mol. The minimum Gasteiger partial charge on any atom is -0.325 e. The van der Waals surface area contributed by atoms with Crippen molar-refractivity contribution in [1.29, 1.82) is 0 Å². The average Bonchev–Trinajstić information content (AvgIpc) is 2.95.